The number of ether oxygens (including phenoxy) is 2. The lowest BCUT2D eigenvalue weighted by Gasteiger charge is -2.25. The summed E-state index contributed by atoms with van der Waals surface area (Å²) >= 11 is 0. The Hall–Kier alpha value is -4.00. The van der Waals surface area contributed by atoms with Gasteiger partial charge < -0.3 is 23.9 Å². The van der Waals surface area contributed by atoms with E-state index in [1.54, 1.807) is 60.7 Å². The van der Waals surface area contributed by atoms with Crippen LogP contribution in [0.5, 0.6) is 11.5 Å². The van der Waals surface area contributed by atoms with E-state index in [1.165, 1.54) is 25.4 Å². The second-order valence-corrected chi connectivity index (χ2v) is 6.99. The van der Waals surface area contributed by atoms with E-state index >= 15 is 0 Å². The molecule has 31 heavy (non-hydrogen) atoms. The van der Waals surface area contributed by atoms with Crippen LogP contribution in [0.15, 0.2) is 76.9 Å². The maximum atomic E-state index is 13.0. The Labute approximate surface area is 179 Å². The van der Waals surface area contributed by atoms with Gasteiger partial charge in [-0.1, -0.05) is 36.4 Å². The van der Waals surface area contributed by atoms with Gasteiger partial charge in [0.15, 0.2) is 11.5 Å². The third kappa shape index (κ3) is 3.66. The summed E-state index contributed by atoms with van der Waals surface area (Å²) in [4.78, 5) is 27.4. The van der Waals surface area contributed by atoms with Crippen molar-refractivity contribution in [2.45, 2.75) is 12.6 Å². The van der Waals surface area contributed by atoms with Gasteiger partial charge in [0.1, 0.15) is 11.5 Å². The van der Waals surface area contributed by atoms with E-state index in [9.17, 15) is 14.7 Å². The van der Waals surface area contributed by atoms with Crippen LogP contribution in [0.3, 0.4) is 0 Å². The molecule has 2 heterocycles. The highest BCUT2D eigenvalue weighted by Crippen LogP contribution is 2.42. The third-order valence-electron chi connectivity index (χ3n) is 5.22. The Morgan fingerprint density at radius 3 is 2.39 bits per heavy atom. The Balaban J connectivity index is 1.89. The molecule has 4 rings (SSSR count). The van der Waals surface area contributed by atoms with Crippen molar-refractivity contribution < 1.29 is 28.6 Å². The highest BCUT2D eigenvalue weighted by Gasteiger charge is 2.46. The molecule has 1 N–H and O–H groups in total. The Morgan fingerprint density at radius 1 is 1.00 bits per heavy atom. The summed E-state index contributed by atoms with van der Waals surface area (Å²) in [7, 11) is 3.03. The topological polar surface area (TPSA) is 89.2 Å². The summed E-state index contributed by atoms with van der Waals surface area (Å²) in [6.45, 7) is 0.0716. The molecule has 1 fully saturated rings. The van der Waals surface area contributed by atoms with E-state index in [4.69, 9.17) is 13.9 Å². The van der Waals surface area contributed by atoms with E-state index in [0.29, 0.717) is 28.4 Å². The van der Waals surface area contributed by atoms with Crippen LogP contribution in [0, 0.1) is 0 Å². The summed E-state index contributed by atoms with van der Waals surface area (Å²) < 4.78 is 16.1. The first-order chi connectivity index (χ1) is 15.0. The zero-order valence-corrected chi connectivity index (χ0v) is 17.1. The number of ketones is 1. The molecule has 0 spiro atoms. The molecule has 1 aliphatic heterocycles. The molecule has 1 saturated heterocycles. The average molecular weight is 419 g/mol. The van der Waals surface area contributed by atoms with Gasteiger partial charge in [-0.05, 0) is 29.8 Å². The lowest BCUT2D eigenvalue weighted by atomic mass is 9.95. The second-order valence-electron chi connectivity index (χ2n) is 6.99. The van der Waals surface area contributed by atoms with Crippen LogP contribution in [-0.2, 0) is 16.1 Å². The van der Waals surface area contributed by atoms with E-state index < -0.39 is 17.7 Å². The number of methoxy groups -OCH3 is 2. The zero-order valence-electron chi connectivity index (χ0n) is 17.1. The van der Waals surface area contributed by atoms with Gasteiger partial charge in [-0.25, -0.2) is 0 Å². The van der Waals surface area contributed by atoms with Gasteiger partial charge >= 0.3 is 0 Å². The van der Waals surface area contributed by atoms with Gasteiger partial charge in [-0.2, -0.15) is 0 Å². The number of rotatable bonds is 6. The van der Waals surface area contributed by atoms with Gasteiger partial charge in [0.05, 0.1) is 38.6 Å². The highest BCUT2D eigenvalue weighted by atomic mass is 16.5. The largest absolute Gasteiger partial charge is 0.507 e. The van der Waals surface area contributed by atoms with Crippen LogP contribution in [0.4, 0.5) is 0 Å². The molecule has 7 nitrogen and oxygen atoms in total. The van der Waals surface area contributed by atoms with Gasteiger partial charge in [0.2, 0.25) is 0 Å². The Kier molecular flexibility index (Phi) is 5.49. The number of hydrogen-bond acceptors (Lipinski definition) is 6. The summed E-state index contributed by atoms with van der Waals surface area (Å²) in [5.74, 6) is -0.227. The molecule has 1 aromatic heterocycles. The number of amides is 1. The normalized spacial score (nSPS) is 17.7. The number of Topliss-reactive ketones (excluding diaryl/α,β-unsaturated/α-hetero) is 1. The van der Waals surface area contributed by atoms with Crippen molar-refractivity contribution >= 4 is 17.4 Å². The van der Waals surface area contributed by atoms with Crippen molar-refractivity contribution in [1.82, 2.24) is 4.90 Å². The third-order valence-corrected chi connectivity index (χ3v) is 5.22. The van der Waals surface area contributed by atoms with Crippen LogP contribution in [0.25, 0.3) is 5.76 Å². The number of likely N-dealkylation sites (tertiary alicyclic amines) is 1. The fourth-order valence-corrected chi connectivity index (χ4v) is 3.73. The van der Waals surface area contributed by atoms with Gasteiger partial charge in [0, 0.05) is 5.56 Å². The summed E-state index contributed by atoms with van der Waals surface area (Å²) in [5, 5.41) is 11.0. The number of aliphatic hydroxyl groups is 1. The van der Waals surface area contributed by atoms with Crippen molar-refractivity contribution in [2.24, 2.45) is 0 Å². The van der Waals surface area contributed by atoms with E-state index in [2.05, 4.69) is 0 Å². The van der Waals surface area contributed by atoms with E-state index in [1.807, 2.05) is 0 Å². The lowest BCUT2D eigenvalue weighted by molar-refractivity contribution is -0.140. The lowest BCUT2D eigenvalue weighted by Crippen LogP contribution is -2.29. The van der Waals surface area contributed by atoms with Crippen LogP contribution in [0.2, 0.25) is 0 Å². The summed E-state index contributed by atoms with van der Waals surface area (Å²) in [6, 6.07) is 16.4. The Bertz CT molecular complexity index is 1130. The molecule has 0 aliphatic carbocycles. The fourth-order valence-electron chi connectivity index (χ4n) is 3.73. The SMILES string of the molecule is COc1ccc([C@@H]2/C(=C(\O)c3ccccc3)C(=O)C(=O)N2Cc2ccco2)cc1OC. The molecule has 158 valence electrons. The van der Waals surface area contributed by atoms with Crippen LogP contribution in [0.1, 0.15) is 22.9 Å². The molecule has 2 aromatic carbocycles. The molecule has 1 aliphatic rings. The standard InChI is InChI=1S/C24H21NO6/c1-29-18-11-10-16(13-19(18)30-2)21-20(22(26)15-7-4-3-5-8-15)23(27)24(28)25(21)14-17-9-6-12-31-17/h3-13,21,26H,14H2,1-2H3/b22-20+/t21-/m1/s1. The second kappa shape index (κ2) is 8.39. The van der Waals surface area contributed by atoms with E-state index in [-0.39, 0.29) is 17.9 Å². The number of furan rings is 1. The number of carbonyl (C=O) groups excluding carboxylic acids is 2. The van der Waals surface area contributed by atoms with Gasteiger partial charge in [-0.3, -0.25) is 9.59 Å². The molecule has 0 unspecified atom stereocenters. The minimum Gasteiger partial charge on any atom is -0.507 e. The first kappa shape index (κ1) is 20.3. The van der Waals surface area contributed by atoms with Gasteiger partial charge in [-0.15, -0.1) is 0 Å². The Morgan fingerprint density at radius 2 is 1.74 bits per heavy atom. The number of hydrogen-bond donors (Lipinski definition) is 1. The monoisotopic (exact) mass is 419 g/mol. The minimum atomic E-state index is -0.829. The maximum Gasteiger partial charge on any atom is 0.296 e. The smallest absolute Gasteiger partial charge is 0.296 e. The number of benzene rings is 2. The first-order valence-electron chi connectivity index (χ1n) is 9.63. The fraction of sp³-hybridized carbons (Fsp3) is 0.167. The predicted molar refractivity (Wildman–Crippen MR) is 113 cm³/mol. The molecule has 0 bridgehead atoms. The van der Waals surface area contributed by atoms with Crippen molar-refractivity contribution in [1.29, 1.82) is 0 Å². The van der Waals surface area contributed by atoms with Crippen molar-refractivity contribution in [3.05, 3.63) is 89.4 Å². The summed E-state index contributed by atoms with van der Waals surface area (Å²) in [6.07, 6.45) is 1.50. The molecular formula is C24H21NO6. The maximum absolute atomic E-state index is 13.0. The predicted octanol–water partition coefficient (Wildman–Crippen LogP) is 3.92. The molecule has 1 amide bonds. The minimum absolute atomic E-state index is 0.00924. The molecular weight excluding hydrogens is 398 g/mol. The molecule has 7 heteroatoms. The zero-order chi connectivity index (χ0) is 22.0. The number of carbonyl (C=O) groups is 2. The molecule has 0 radical (unpaired) electrons. The number of aliphatic hydroxyl groups excluding tert-OH is 1. The highest BCUT2D eigenvalue weighted by molar-refractivity contribution is 6.46. The quantitative estimate of drug-likeness (QED) is 0.370. The van der Waals surface area contributed by atoms with Crippen molar-refractivity contribution in [2.75, 3.05) is 14.2 Å². The van der Waals surface area contributed by atoms with Crippen molar-refractivity contribution in [3.8, 4) is 11.5 Å². The van der Waals surface area contributed by atoms with Crippen molar-refractivity contribution in [3.63, 3.8) is 0 Å². The average Bonchev–Trinajstić information content (AvgIpc) is 3.41. The summed E-state index contributed by atoms with van der Waals surface area (Å²) in [5.41, 5.74) is 1.06. The molecule has 1 atom stereocenters. The molecule has 0 saturated carbocycles. The van der Waals surface area contributed by atoms with Gasteiger partial charge in [0.25, 0.3) is 11.7 Å². The van der Waals surface area contributed by atoms with Crippen LogP contribution in [-0.4, -0.2) is 35.9 Å². The van der Waals surface area contributed by atoms with Crippen LogP contribution < -0.4 is 9.47 Å². The van der Waals surface area contributed by atoms with Crippen LogP contribution >= 0.6 is 0 Å². The molecule has 3 aromatic rings. The number of nitrogens with zero attached hydrogens (tertiary/aromatic N) is 1. The van der Waals surface area contributed by atoms with E-state index in [0.717, 1.165) is 0 Å². The first-order valence-corrected chi connectivity index (χ1v) is 9.63.